The molecule has 1 spiro atoms. The molecule has 0 radical (unpaired) electrons. The van der Waals surface area contributed by atoms with Gasteiger partial charge in [0, 0.05) is 25.9 Å². The number of nitrogens with one attached hydrogen (secondary N) is 1. The van der Waals surface area contributed by atoms with Crippen LogP contribution in [-0.2, 0) is 9.47 Å². The minimum Gasteiger partial charge on any atom is -0.381 e. The molecule has 118 valence electrons. The molecular weight excluding hydrogens is 250 g/mol. The van der Waals surface area contributed by atoms with Crippen LogP contribution in [0.1, 0.15) is 53.4 Å². The lowest BCUT2D eigenvalue weighted by molar-refractivity contribution is -0.153. The first kappa shape index (κ1) is 16.3. The zero-order valence-electron chi connectivity index (χ0n) is 13.8. The highest BCUT2D eigenvalue weighted by molar-refractivity contribution is 4.91. The Labute approximate surface area is 124 Å². The van der Waals surface area contributed by atoms with Gasteiger partial charge >= 0.3 is 0 Å². The fourth-order valence-corrected chi connectivity index (χ4v) is 3.68. The van der Waals surface area contributed by atoms with Crippen LogP contribution >= 0.6 is 0 Å². The second kappa shape index (κ2) is 7.24. The van der Waals surface area contributed by atoms with Crippen LogP contribution in [-0.4, -0.2) is 38.0 Å². The fourth-order valence-electron chi connectivity index (χ4n) is 3.68. The maximum absolute atomic E-state index is 6.17. The summed E-state index contributed by atoms with van der Waals surface area (Å²) in [6.07, 6.45) is 4.66. The van der Waals surface area contributed by atoms with Crippen molar-refractivity contribution in [1.82, 2.24) is 5.32 Å². The van der Waals surface area contributed by atoms with Crippen LogP contribution < -0.4 is 5.32 Å². The molecule has 1 N–H and O–H groups in total. The van der Waals surface area contributed by atoms with E-state index in [1.54, 1.807) is 0 Å². The third-order valence-corrected chi connectivity index (χ3v) is 5.42. The second-order valence-electron chi connectivity index (χ2n) is 7.30. The van der Waals surface area contributed by atoms with Gasteiger partial charge in [0.05, 0.1) is 5.60 Å². The third-order valence-electron chi connectivity index (χ3n) is 5.42. The van der Waals surface area contributed by atoms with Crippen molar-refractivity contribution < 1.29 is 9.47 Å². The van der Waals surface area contributed by atoms with E-state index in [0.717, 1.165) is 57.0 Å². The molecule has 3 heteroatoms. The minimum absolute atomic E-state index is 0.140. The van der Waals surface area contributed by atoms with Gasteiger partial charge in [0.2, 0.25) is 0 Å². The highest BCUT2D eigenvalue weighted by Gasteiger charge is 2.41. The molecule has 2 fully saturated rings. The van der Waals surface area contributed by atoms with Crippen molar-refractivity contribution in [1.29, 1.82) is 0 Å². The van der Waals surface area contributed by atoms with Crippen LogP contribution in [0.2, 0.25) is 0 Å². The maximum Gasteiger partial charge on any atom is 0.0729 e. The fraction of sp³-hybridized carbons (Fsp3) is 1.00. The van der Waals surface area contributed by atoms with Gasteiger partial charge in [0.1, 0.15) is 0 Å². The zero-order chi connectivity index (χ0) is 14.6. The van der Waals surface area contributed by atoms with Crippen LogP contribution in [0.25, 0.3) is 0 Å². The lowest BCUT2D eigenvalue weighted by Gasteiger charge is -2.45. The van der Waals surface area contributed by atoms with E-state index in [9.17, 15) is 0 Å². The molecule has 0 aromatic heterocycles. The normalized spacial score (nSPS) is 29.6. The molecule has 0 amide bonds. The SMILES string of the molecule is CC(C)NCC(C)C(C)C1CCOC2(CCOCC2)C1. The van der Waals surface area contributed by atoms with Crippen molar-refractivity contribution in [2.45, 2.75) is 65.0 Å². The molecule has 2 rings (SSSR count). The predicted octanol–water partition coefficient (Wildman–Crippen LogP) is 3.23. The van der Waals surface area contributed by atoms with Crippen molar-refractivity contribution >= 4 is 0 Å². The van der Waals surface area contributed by atoms with Gasteiger partial charge in [-0.25, -0.2) is 0 Å². The number of rotatable bonds is 5. The molecule has 2 aliphatic heterocycles. The van der Waals surface area contributed by atoms with Crippen molar-refractivity contribution in [2.75, 3.05) is 26.4 Å². The number of hydrogen-bond donors (Lipinski definition) is 1. The molecule has 0 aliphatic carbocycles. The van der Waals surface area contributed by atoms with Gasteiger partial charge in [-0.15, -0.1) is 0 Å². The smallest absolute Gasteiger partial charge is 0.0729 e. The van der Waals surface area contributed by atoms with Crippen molar-refractivity contribution in [3.8, 4) is 0 Å². The molecule has 3 atom stereocenters. The Morgan fingerprint density at radius 2 is 1.80 bits per heavy atom. The Hall–Kier alpha value is -0.120. The van der Waals surface area contributed by atoms with Gasteiger partial charge in [-0.2, -0.15) is 0 Å². The predicted molar refractivity (Wildman–Crippen MR) is 82.9 cm³/mol. The van der Waals surface area contributed by atoms with Gasteiger partial charge in [0.15, 0.2) is 0 Å². The van der Waals surface area contributed by atoms with Crippen LogP contribution in [0.5, 0.6) is 0 Å². The topological polar surface area (TPSA) is 30.5 Å². The molecule has 2 heterocycles. The highest BCUT2D eigenvalue weighted by atomic mass is 16.5. The average Bonchev–Trinajstić information content (AvgIpc) is 2.44. The number of ether oxygens (including phenoxy) is 2. The molecule has 2 saturated heterocycles. The van der Waals surface area contributed by atoms with Crippen LogP contribution in [0.3, 0.4) is 0 Å². The minimum atomic E-state index is 0.140. The monoisotopic (exact) mass is 283 g/mol. The van der Waals surface area contributed by atoms with Gasteiger partial charge in [-0.3, -0.25) is 0 Å². The summed E-state index contributed by atoms with van der Waals surface area (Å²) >= 11 is 0. The summed E-state index contributed by atoms with van der Waals surface area (Å²) in [5.74, 6) is 2.31. The van der Waals surface area contributed by atoms with Crippen molar-refractivity contribution in [2.24, 2.45) is 17.8 Å². The van der Waals surface area contributed by atoms with Gasteiger partial charge in [0.25, 0.3) is 0 Å². The first-order chi connectivity index (χ1) is 9.52. The van der Waals surface area contributed by atoms with Crippen molar-refractivity contribution in [3.63, 3.8) is 0 Å². The molecule has 3 nitrogen and oxygen atoms in total. The zero-order valence-corrected chi connectivity index (χ0v) is 13.8. The highest BCUT2D eigenvalue weighted by Crippen LogP contribution is 2.41. The van der Waals surface area contributed by atoms with E-state index in [1.165, 1.54) is 12.8 Å². The van der Waals surface area contributed by atoms with Gasteiger partial charge in [-0.05, 0) is 50.0 Å². The van der Waals surface area contributed by atoms with Crippen LogP contribution in [0.4, 0.5) is 0 Å². The lowest BCUT2D eigenvalue weighted by atomic mass is 9.72. The van der Waals surface area contributed by atoms with E-state index in [2.05, 4.69) is 33.0 Å². The summed E-state index contributed by atoms with van der Waals surface area (Å²) in [4.78, 5) is 0. The molecule has 0 aromatic carbocycles. The van der Waals surface area contributed by atoms with E-state index in [4.69, 9.17) is 9.47 Å². The average molecular weight is 283 g/mol. The summed E-state index contributed by atoms with van der Waals surface area (Å²) in [6.45, 7) is 13.1. The van der Waals surface area contributed by atoms with E-state index >= 15 is 0 Å². The Kier molecular flexibility index (Phi) is 5.88. The van der Waals surface area contributed by atoms with Gasteiger partial charge < -0.3 is 14.8 Å². The Balaban J connectivity index is 1.87. The molecule has 20 heavy (non-hydrogen) atoms. The van der Waals surface area contributed by atoms with E-state index in [-0.39, 0.29) is 5.60 Å². The van der Waals surface area contributed by atoms with E-state index in [1.807, 2.05) is 0 Å². The van der Waals surface area contributed by atoms with Crippen molar-refractivity contribution in [3.05, 3.63) is 0 Å². The summed E-state index contributed by atoms with van der Waals surface area (Å²) in [7, 11) is 0. The maximum atomic E-state index is 6.17. The second-order valence-corrected chi connectivity index (χ2v) is 7.30. The Morgan fingerprint density at radius 3 is 2.45 bits per heavy atom. The van der Waals surface area contributed by atoms with Crippen LogP contribution in [0.15, 0.2) is 0 Å². The van der Waals surface area contributed by atoms with E-state index < -0.39 is 0 Å². The molecule has 0 bridgehead atoms. The summed E-state index contributed by atoms with van der Waals surface area (Å²) < 4.78 is 11.7. The third kappa shape index (κ3) is 4.19. The molecule has 0 saturated carbocycles. The Morgan fingerprint density at radius 1 is 1.10 bits per heavy atom. The first-order valence-electron chi connectivity index (χ1n) is 8.47. The Bertz CT molecular complexity index is 281. The lowest BCUT2D eigenvalue weighted by Crippen LogP contribution is -2.46. The summed E-state index contributed by atoms with van der Waals surface area (Å²) in [6, 6.07) is 0.584. The molecule has 2 aliphatic rings. The summed E-state index contributed by atoms with van der Waals surface area (Å²) in [5.41, 5.74) is 0.140. The van der Waals surface area contributed by atoms with Gasteiger partial charge in [-0.1, -0.05) is 27.7 Å². The number of hydrogen-bond acceptors (Lipinski definition) is 3. The van der Waals surface area contributed by atoms with E-state index in [0.29, 0.717) is 6.04 Å². The molecule has 3 unspecified atom stereocenters. The summed E-state index contributed by atoms with van der Waals surface area (Å²) in [5, 5.41) is 3.59. The first-order valence-corrected chi connectivity index (χ1v) is 8.47. The molecule has 0 aromatic rings. The molecular formula is C17H33NO2. The standard InChI is InChI=1S/C17H33NO2/c1-13(2)18-12-14(3)15(4)16-5-8-20-17(11-16)6-9-19-10-7-17/h13-16,18H,5-12H2,1-4H3. The quantitative estimate of drug-likeness (QED) is 0.840. The largest absolute Gasteiger partial charge is 0.381 e. The van der Waals surface area contributed by atoms with Crippen LogP contribution in [0, 0.1) is 17.8 Å².